The molecule has 0 spiro atoms. The highest BCUT2D eigenvalue weighted by molar-refractivity contribution is 8.14. The summed E-state index contributed by atoms with van der Waals surface area (Å²) in [4.78, 5) is 0. The number of alkyl halides is 11. The van der Waals surface area contributed by atoms with Gasteiger partial charge in [0, 0.05) is 21.4 Å². The van der Waals surface area contributed by atoms with Crippen LogP contribution in [0.5, 0.6) is 0 Å². The predicted molar refractivity (Wildman–Crippen MR) is 59.2 cm³/mol. The summed E-state index contributed by atoms with van der Waals surface area (Å²) in [5.74, 6) is -31.0. The number of rotatable bonds is 7. The molecule has 0 heterocycles. The van der Waals surface area contributed by atoms with Crippen molar-refractivity contribution in [1.29, 1.82) is 0 Å². The molecule has 25 heavy (non-hydrogen) atoms. The molecule has 0 aliphatic carbocycles. The van der Waals surface area contributed by atoms with E-state index < -0.39 is 52.6 Å². The fourth-order valence-corrected chi connectivity index (χ4v) is 2.62. The van der Waals surface area contributed by atoms with E-state index in [0.717, 1.165) is 0 Å². The molecular formula is C6HCl2F11O4S2. The molecule has 0 saturated carbocycles. The second-order valence-corrected chi connectivity index (χ2v) is 9.36. The van der Waals surface area contributed by atoms with Crippen LogP contribution in [0.1, 0.15) is 0 Å². The van der Waals surface area contributed by atoms with Gasteiger partial charge in [0.1, 0.15) is 0 Å². The Bertz CT molecular complexity index is 732. The predicted octanol–water partition coefficient (Wildman–Crippen LogP) is 3.55. The van der Waals surface area contributed by atoms with Crippen molar-refractivity contribution in [3.63, 3.8) is 0 Å². The third-order valence-electron chi connectivity index (χ3n) is 2.41. The Balaban J connectivity index is 6.59. The average molecular weight is 481 g/mol. The first kappa shape index (κ1) is 24.7. The minimum atomic E-state index is -8.03. The normalized spacial score (nSPS) is 17.5. The van der Waals surface area contributed by atoms with E-state index in [1.807, 2.05) is 0 Å². The van der Waals surface area contributed by atoms with E-state index >= 15 is 0 Å². The Morgan fingerprint density at radius 1 is 0.640 bits per heavy atom. The van der Waals surface area contributed by atoms with E-state index in [1.165, 1.54) is 0 Å². The highest BCUT2D eigenvalue weighted by atomic mass is 35.7. The van der Waals surface area contributed by atoms with E-state index in [4.69, 9.17) is 0 Å². The zero-order chi connectivity index (χ0) is 21.1. The fourth-order valence-electron chi connectivity index (χ4n) is 1.06. The third kappa shape index (κ3) is 3.47. The lowest BCUT2D eigenvalue weighted by Crippen LogP contribution is -2.70. The van der Waals surface area contributed by atoms with Crippen LogP contribution in [-0.4, -0.2) is 51.3 Å². The lowest BCUT2D eigenvalue weighted by atomic mass is 9.99. The first-order chi connectivity index (χ1) is 10.4. The zero-order valence-corrected chi connectivity index (χ0v) is 13.6. The van der Waals surface area contributed by atoms with Gasteiger partial charge in [0.05, 0.1) is 0 Å². The second-order valence-electron chi connectivity index (χ2n) is 4.09. The second kappa shape index (κ2) is 6.12. The first-order valence-electron chi connectivity index (χ1n) is 4.81. The molecule has 0 N–H and O–H groups in total. The lowest BCUT2D eigenvalue weighted by molar-refractivity contribution is -0.392. The van der Waals surface area contributed by atoms with Crippen molar-refractivity contribution in [3.8, 4) is 0 Å². The molecule has 0 aromatic rings. The molecular weight excluding hydrogens is 480 g/mol. The van der Waals surface area contributed by atoms with Gasteiger partial charge >= 0.3 is 38.0 Å². The monoisotopic (exact) mass is 480 g/mol. The first-order valence-corrected chi connectivity index (χ1v) is 9.49. The number of hydrogen-bond acceptors (Lipinski definition) is 4. The fraction of sp³-hybridized carbons (Fsp3) is 1.00. The van der Waals surface area contributed by atoms with Crippen molar-refractivity contribution < 1.29 is 65.1 Å². The molecule has 0 aliphatic heterocycles. The van der Waals surface area contributed by atoms with E-state index in [2.05, 4.69) is 21.4 Å². The lowest BCUT2D eigenvalue weighted by Gasteiger charge is -2.38. The zero-order valence-electron chi connectivity index (χ0n) is 10.4. The molecule has 0 aliphatic rings. The quantitative estimate of drug-likeness (QED) is 0.412. The van der Waals surface area contributed by atoms with Gasteiger partial charge < -0.3 is 0 Å². The standard InChI is InChI=1S/C6HCl2F11O4S2/c7-24(20,21)1(9)2(10,11)3(12,13)4(14,15)5(16,17)6(18,19)25(8,22)23/h1H. The molecule has 1 atom stereocenters. The van der Waals surface area contributed by atoms with Gasteiger partial charge in [-0.3, -0.25) is 0 Å². The van der Waals surface area contributed by atoms with Crippen LogP contribution in [0.15, 0.2) is 0 Å². The van der Waals surface area contributed by atoms with Crippen molar-refractivity contribution in [3.05, 3.63) is 0 Å². The smallest absolute Gasteiger partial charge is 0.221 e. The Hall–Kier alpha value is -0.290. The van der Waals surface area contributed by atoms with Crippen molar-refractivity contribution >= 4 is 39.5 Å². The molecule has 0 amide bonds. The molecule has 0 bridgehead atoms. The van der Waals surface area contributed by atoms with Crippen LogP contribution in [-0.2, 0) is 18.1 Å². The molecule has 19 heteroatoms. The molecule has 0 aromatic carbocycles. The van der Waals surface area contributed by atoms with Gasteiger partial charge in [0.2, 0.25) is 0 Å². The summed E-state index contributed by atoms with van der Waals surface area (Å²) in [5, 5.41) is -7.25. The molecule has 4 nitrogen and oxygen atoms in total. The number of halogens is 13. The Morgan fingerprint density at radius 2 is 0.960 bits per heavy atom. The van der Waals surface area contributed by atoms with Crippen LogP contribution in [0.3, 0.4) is 0 Å². The van der Waals surface area contributed by atoms with Crippen LogP contribution in [0, 0.1) is 0 Å². The van der Waals surface area contributed by atoms with E-state index in [-0.39, 0.29) is 0 Å². The number of hydrogen-bond donors (Lipinski definition) is 0. The Morgan fingerprint density at radius 3 is 1.20 bits per heavy atom. The largest absolute Gasteiger partial charge is 0.427 e. The van der Waals surface area contributed by atoms with Crippen molar-refractivity contribution in [2.45, 2.75) is 34.4 Å². The molecule has 0 aromatic heterocycles. The van der Waals surface area contributed by atoms with Crippen molar-refractivity contribution in [1.82, 2.24) is 0 Å². The Labute approximate surface area is 139 Å². The summed E-state index contributed by atoms with van der Waals surface area (Å²) in [5.41, 5.74) is -5.46. The summed E-state index contributed by atoms with van der Waals surface area (Å²) in [6.07, 6.45) is 0. The van der Waals surface area contributed by atoms with E-state index in [9.17, 15) is 65.1 Å². The maximum atomic E-state index is 13.1. The highest BCUT2D eigenvalue weighted by Crippen LogP contribution is 2.59. The van der Waals surface area contributed by atoms with Gasteiger partial charge in [0.25, 0.3) is 14.6 Å². The van der Waals surface area contributed by atoms with Crippen molar-refractivity contribution in [2.24, 2.45) is 0 Å². The SMILES string of the molecule is O=S(=O)(Cl)C(F)C(F)(F)C(F)(F)C(F)(F)C(F)(F)C(F)(F)S(=O)(=O)Cl. The van der Waals surface area contributed by atoms with Gasteiger partial charge in [-0.25, -0.2) is 21.2 Å². The van der Waals surface area contributed by atoms with Gasteiger partial charge in [-0.2, -0.15) is 43.9 Å². The van der Waals surface area contributed by atoms with Crippen LogP contribution < -0.4 is 0 Å². The van der Waals surface area contributed by atoms with Gasteiger partial charge in [-0.1, -0.05) is 0 Å². The third-order valence-corrected chi connectivity index (χ3v) is 5.12. The average Bonchev–Trinajstić information content (AvgIpc) is 2.34. The maximum Gasteiger partial charge on any atom is 0.427 e. The summed E-state index contributed by atoms with van der Waals surface area (Å²) < 4.78 is 183. The summed E-state index contributed by atoms with van der Waals surface area (Å²) in [6, 6.07) is 0. The summed E-state index contributed by atoms with van der Waals surface area (Å²) >= 11 is 0. The van der Waals surface area contributed by atoms with Gasteiger partial charge in [-0.15, -0.1) is 0 Å². The molecule has 0 saturated heterocycles. The van der Waals surface area contributed by atoms with E-state index in [0.29, 0.717) is 0 Å². The molecule has 0 rings (SSSR count). The van der Waals surface area contributed by atoms with Crippen LogP contribution in [0.2, 0.25) is 0 Å². The maximum absolute atomic E-state index is 13.1. The van der Waals surface area contributed by atoms with E-state index in [1.54, 1.807) is 0 Å². The molecule has 0 fully saturated rings. The Kier molecular flexibility index (Phi) is 6.05. The highest BCUT2D eigenvalue weighted by Gasteiger charge is 2.90. The minimum absolute atomic E-state index is 3.70. The minimum Gasteiger partial charge on any atom is -0.221 e. The van der Waals surface area contributed by atoms with Gasteiger partial charge in [-0.05, 0) is 0 Å². The van der Waals surface area contributed by atoms with Crippen LogP contribution >= 0.6 is 21.4 Å². The topological polar surface area (TPSA) is 68.3 Å². The summed E-state index contributed by atoms with van der Waals surface area (Å²) in [6.45, 7) is 0. The van der Waals surface area contributed by atoms with Crippen LogP contribution in [0.4, 0.5) is 48.3 Å². The summed E-state index contributed by atoms with van der Waals surface area (Å²) in [7, 11) is -5.97. The molecule has 0 radical (unpaired) electrons. The molecule has 1 unspecified atom stereocenters. The molecule has 152 valence electrons. The van der Waals surface area contributed by atoms with Crippen LogP contribution in [0.25, 0.3) is 0 Å². The van der Waals surface area contributed by atoms with Gasteiger partial charge in [0.15, 0.2) is 0 Å². The van der Waals surface area contributed by atoms with Crippen molar-refractivity contribution in [2.75, 3.05) is 0 Å².